The monoisotopic (exact) mass is 782 g/mol. The number of hydrogen-bond acceptors (Lipinski definition) is 14. The van der Waals surface area contributed by atoms with Crippen molar-refractivity contribution in [1.82, 2.24) is 15.0 Å². The minimum absolute atomic E-state index is 0.0266. The molecule has 0 aliphatic heterocycles. The molecule has 16 nitrogen and oxygen atoms in total. The Kier molecular flexibility index (Phi) is 25.2. The summed E-state index contributed by atoms with van der Waals surface area (Å²) in [6.07, 6.45) is 1.06. The van der Waals surface area contributed by atoms with Gasteiger partial charge in [-0.1, -0.05) is 64.1 Å². The van der Waals surface area contributed by atoms with Crippen LogP contribution in [-0.4, -0.2) is 73.6 Å². The zero-order chi connectivity index (χ0) is 42.3. The fraction of sp³-hybridized carbons (Fsp3) is 0.293. The first-order valence-electron chi connectivity index (χ1n) is 18.4. The van der Waals surface area contributed by atoms with Crippen LogP contribution in [0.25, 0.3) is 0 Å². The molecule has 57 heavy (non-hydrogen) atoms. The normalized spacial score (nSPS) is 9.96. The van der Waals surface area contributed by atoms with E-state index in [1.54, 1.807) is 0 Å². The third-order valence-corrected chi connectivity index (χ3v) is 6.40. The van der Waals surface area contributed by atoms with Crippen LogP contribution in [0.4, 0.5) is 52.0 Å². The van der Waals surface area contributed by atoms with E-state index in [0.29, 0.717) is 55.2 Å². The highest BCUT2D eigenvalue weighted by Gasteiger charge is 2.14. The molecule has 304 valence electrons. The number of aromatic nitrogens is 3. The summed E-state index contributed by atoms with van der Waals surface area (Å²) >= 11 is 0. The topological polar surface area (TPSA) is 230 Å². The van der Waals surface area contributed by atoms with Gasteiger partial charge in [-0.3, -0.25) is 9.59 Å². The van der Waals surface area contributed by atoms with Gasteiger partial charge in [-0.25, -0.2) is 0 Å². The molecule has 0 radical (unpaired) electrons. The van der Waals surface area contributed by atoms with Gasteiger partial charge in [-0.2, -0.15) is 35.4 Å². The summed E-state index contributed by atoms with van der Waals surface area (Å²) in [5.74, 6) is -0.599. The van der Waals surface area contributed by atoms with Gasteiger partial charge in [0.2, 0.25) is 17.8 Å². The summed E-state index contributed by atoms with van der Waals surface area (Å²) in [6.45, 7) is 11.3. The fourth-order valence-electron chi connectivity index (χ4n) is 4.15. The van der Waals surface area contributed by atoms with Crippen LogP contribution in [0, 0.1) is 0 Å². The van der Waals surface area contributed by atoms with E-state index in [-0.39, 0.29) is 13.2 Å². The Balaban J connectivity index is 0.00000121. The van der Waals surface area contributed by atoms with Crippen LogP contribution in [-0.2, 0) is 9.59 Å². The predicted octanol–water partition coefficient (Wildman–Crippen LogP) is 9.99. The zero-order valence-electron chi connectivity index (χ0n) is 33.3. The zero-order valence-corrected chi connectivity index (χ0v) is 33.3. The first-order chi connectivity index (χ1) is 27.6. The molecule has 0 unspecified atom stereocenters. The third-order valence-electron chi connectivity index (χ3n) is 6.40. The second kappa shape index (κ2) is 29.7. The second-order valence-corrected chi connectivity index (χ2v) is 10.9. The molecule has 6 N–H and O–H groups in total. The van der Waals surface area contributed by atoms with E-state index in [1.165, 1.54) is 0 Å². The number of aliphatic carboxylic acids is 2. The number of nitrogens with zero attached hydrogens (tertiary/aromatic N) is 8. The van der Waals surface area contributed by atoms with E-state index < -0.39 is 11.9 Å². The largest absolute Gasteiger partial charge is 0.481 e. The Morgan fingerprint density at radius 2 is 0.825 bits per heavy atom. The van der Waals surface area contributed by atoms with Crippen LogP contribution in [0.1, 0.15) is 54.4 Å². The lowest BCUT2D eigenvalue weighted by Crippen LogP contribution is -2.29. The molecule has 16 heteroatoms. The standard InChI is InChI=1S/C33H34N10O2.2C2H4O2.2C2H6/c44-23-7-21-43(22-8-24-45)33-37-31(34-25-13-17-29(18-14-25)41-39-27-9-3-1-4-10-27)36-32(38-33)35-26-15-19-30(20-16-26)42-40-28-11-5-2-6-12-28;2*1-2(3)4;2*1-2/h1-6,9-20,44-45H,7-8,21-24H2,(H2,34,35,36,37,38);2*1H3,(H,3,4);2*1-2H3. The maximum atomic E-state index is 9.45. The van der Waals surface area contributed by atoms with Crippen molar-refractivity contribution in [2.75, 3.05) is 41.8 Å². The number of carboxylic acid groups (broad SMARTS) is 2. The van der Waals surface area contributed by atoms with Gasteiger partial charge in [0, 0.05) is 51.5 Å². The van der Waals surface area contributed by atoms with Crippen molar-refractivity contribution in [3.05, 3.63) is 109 Å². The van der Waals surface area contributed by atoms with Crippen molar-refractivity contribution in [3.8, 4) is 0 Å². The van der Waals surface area contributed by atoms with Crippen LogP contribution in [0.15, 0.2) is 130 Å². The quantitative estimate of drug-likeness (QED) is 0.0545. The molecule has 1 heterocycles. The molecule has 0 aliphatic rings. The highest BCUT2D eigenvalue weighted by Crippen LogP contribution is 2.25. The number of carbonyl (C=O) groups is 2. The van der Waals surface area contributed by atoms with Crippen LogP contribution < -0.4 is 15.5 Å². The number of azo groups is 2. The summed E-state index contributed by atoms with van der Waals surface area (Å²) in [5.41, 5.74) is 4.46. The van der Waals surface area contributed by atoms with E-state index in [2.05, 4.69) is 46.0 Å². The SMILES string of the molecule is CC.CC.CC(=O)O.CC(=O)O.OCCCN(CCCO)c1nc(Nc2ccc(N=Nc3ccccc3)cc2)nc(Nc2ccc(N=Nc3ccccc3)cc2)n1. The van der Waals surface area contributed by atoms with Gasteiger partial charge in [-0.15, -0.1) is 0 Å². The highest BCUT2D eigenvalue weighted by molar-refractivity contribution is 5.63. The highest BCUT2D eigenvalue weighted by atomic mass is 16.4. The summed E-state index contributed by atoms with van der Waals surface area (Å²) in [7, 11) is 0. The van der Waals surface area contributed by atoms with Crippen molar-refractivity contribution in [2.24, 2.45) is 20.5 Å². The smallest absolute Gasteiger partial charge is 0.300 e. The van der Waals surface area contributed by atoms with Crippen molar-refractivity contribution in [1.29, 1.82) is 0 Å². The molecular weight excluding hydrogens is 729 g/mol. The van der Waals surface area contributed by atoms with Crippen molar-refractivity contribution >= 4 is 63.9 Å². The number of aliphatic hydroxyl groups is 2. The molecule has 4 aromatic carbocycles. The Morgan fingerprint density at radius 1 is 0.526 bits per heavy atom. The van der Waals surface area contributed by atoms with E-state index in [4.69, 9.17) is 19.8 Å². The Bertz CT molecular complexity index is 1740. The molecule has 0 spiro atoms. The van der Waals surface area contributed by atoms with Crippen LogP contribution in [0.3, 0.4) is 0 Å². The Labute approximate surface area is 334 Å². The molecule has 1 aromatic heterocycles. The van der Waals surface area contributed by atoms with Gasteiger partial charge in [-0.05, 0) is 85.6 Å². The van der Waals surface area contributed by atoms with Gasteiger partial charge in [0.25, 0.3) is 11.9 Å². The number of hydrogen-bond donors (Lipinski definition) is 6. The average molecular weight is 783 g/mol. The maximum absolute atomic E-state index is 9.45. The van der Waals surface area contributed by atoms with Gasteiger partial charge in [0.05, 0.1) is 22.7 Å². The van der Waals surface area contributed by atoms with Gasteiger partial charge in [0.15, 0.2) is 0 Å². The minimum Gasteiger partial charge on any atom is -0.481 e. The minimum atomic E-state index is -0.833. The number of carboxylic acids is 2. The number of anilines is 5. The van der Waals surface area contributed by atoms with Crippen LogP contribution >= 0.6 is 0 Å². The summed E-state index contributed by atoms with van der Waals surface area (Å²) in [5, 5.41) is 57.4. The van der Waals surface area contributed by atoms with Crippen molar-refractivity contribution in [2.45, 2.75) is 54.4 Å². The lowest BCUT2D eigenvalue weighted by atomic mass is 10.3. The molecule has 0 aliphatic carbocycles. The Hall–Kier alpha value is -6.65. The molecule has 0 saturated carbocycles. The van der Waals surface area contributed by atoms with Crippen LogP contribution in [0.5, 0.6) is 0 Å². The average Bonchev–Trinajstić information content (AvgIpc) is 3.22. The molecule has 5 aromatic rings. The molecule has 0 atom stereocenters. The first-order valence-corrected chi connectivity index (χ1v) is 18.4. The molecule has 0 bridgehead atoms. The second-order valence-electron chi connectivity index (χ2n) is 10.9. The van der Waals surface area contributed by atoms with Crippen molar-refractivity contribution in [3.63, 3.8) is 0 Å². The molecule has 5 rings (SSSR count). The number of benzene rings is 4. The number of aliphatic hydroxyl groups excluding tert-OH is 2. The van der Waals surface area contributed by atoms with E-state index in [0.717, 1.165) is 36.6 Å². The number of rotatable bonds is 15. The predicted molar refractivity (Wildman–Crippen MR) is 225 cm³/mol. The fourth-order valence-corrected chi connectivity index (χ4v) is 4.15. The molecular formula is C41H54N10O6. The van der Waals surface area contributed by atoms with Crippen molar-refractivity contribution < 1.29 is 30.0 Å². The lowest BCUT2D eigenvalue weighted by molar-refractivity contribution is -0.135. The molecule has 0 fully saturated rings. The summed E-state index contributed by atoms with van der Waals surface area (Å²) in [6, 6.07) is 33.9. The van der Waals surface area contributed by atoms with E-state index in [9.17, 15) is 10.2 Å². The molecule has 0 saturated heterocycles. The van der Waals surface area contributed by atoms with Gasteiger partial charge >= 0.3 is 0 Å². The van der Waals surface area contributed by atoms with E-state index in [1.807, 2.05) is 142 Å². The summed E-state index contributed by atoms with van der Waals surface area (Å²) < 4.78 is 0. The van der Waals surface area contributed by atoms with Crippen LogP contribution in [0.2, 0.25) is 0 Å². The third kappa shape index (κ3) is 21.7. The lowest BCUT2D eigenvalue weighted by Gasteiger charge is -2.23. The van der Waals surface area contributed by atoms with E-state index >= 15 is 0 Å². The Morgan fingerprint density at radius 3 is 1.12 bits per heavy atom. The summed E-state index contributed by atoms with van der Waals surface area (Å²) in [4.78, 5) is 33.9. The molecule has 0 amide bonds. The van der Waals surface area contributed by atoms with Gasteiger partial charge < -0.3 is 36.0 Å². The first kappa shape index (κ1) is 48.4. The van der Waals surface area contributed by atoms with Gasteiger partial charge in [0.1, 0.15) is 0 Å². The maximum Gasteiger partial charge on any atom is 0.300 e. The number of nitrogens with one attached hydrogen (secondary N) is 2.